The van der Waals surface area contributed by atoms with Crippen molar-refractivity contribution in [3.8, 4) is 0 Å². The van der Waals surface area contributed by atoms with Gasteiger partial charge in [-0.15, -0.1) is 0 Å². The molecule has 19 heavy (non-hydrogen) atoms. The van der Waals surface area contributed by atoms with E-state index < -0.39 is 11.8 Å². The van der Waals surface area contributed by atoms with Crippen LogP contribution in [0.25, 0.3) is 5.76 Å². The summed E-state index contributed by atoms with van der Waals surface area (Å²) in [6.07, 6.45) is 0.921. The van der Waals surface area contributed by atoms with Crippen LogP contribution in [0, 0.1) is 0 Å². The molecule has 0 unspecified atom stereocenters. The first-order valence-corrected chi connectivity index (χ1v) is 6.22. The molecular formula is C12H9Cl3O4. The van der Waals surface area contributed by atoms with Crippen molar-refractivity contribution in [2.45, 2.75) is 6.92 Å². The van der Waals surface area contributed by atoms with Gasteiger partial charge in [0.05, 0.1) is 16.7 Å². The summed E-state index contributed by atoms with van der Waals surface area (Å²) in [5.41, 5.74) is 0.405. The van der Waals surface area contributed by atoms with Crippen molar-refractivity contribution in [1.29, 1.82) is 0 Å². The van der Waals surface area contributed by atoms with Gasteiger partial charge in [0.25, 0.3) is 5.78 Å². The first-order valence-electron chi connectivity index (χ1n) is 5.16. The highest BCUT2D eigenvalue weighted by Gasteiger charge is 2.15. The number of ether oxygens (including phenoxy) is 1. The van der Waals surface area contributed by atoms with Crippen molar-refractivity contribution in [2.24, 2.45) is 0 Å². The summed E-state index contributed by atoms with van der Waals surface area (Å²) >= 11 is 16.9. The Balaban J connectivity index is 3.02. The standard InChI is InChI=1S/C12H9Cl3O4/c1-2-18-12(17)10(16)6-11(19-15)7-3-4-8(13)9(14)5-7/h3-6H,2H2,1H3/b11-6-. The van der Waals surface area contributed by atoms with Gasteiger partial charge >= 0.3 is 5.97 Å². The molecule has 0 heterocycles. The number of carbonyl (C=O) groups excluding carboxylic acids is 2. The van der Waals surface area contributed by atoms with Crippen molar-refractivity contribution in [3.05, 3.63) is 39.9 Å². The predicted molar refractivity (Wildman–Crippen MR) is 73.0 cm³/mol. The summed E-state index contributed by atoms with van der Waals surface area (Å²) < 4.78 is 9.08. The molecule has 0 N–H and O–H groups in total. The highest BCUT2D eigenvalue weighted by Crippen LogP contribution is 2.27. The molecule has 7 heteroatoms. The van der Waals surface area contributed by atoms with E-state index >= 15 is 0 Å². The van der Waals surface area contributed by atoms with Crippen LogP contribution in [0.15, 0.2) is 24.3 Å². The van der Waals surface area contributed by atoms with Gasteiger partial charge in [-0.1, -0.05) is 23.2 Å². The Bertz CT molecular complexity index is 526. The number of esters is 1. The predicted octanol–water partition coefficient (Wildman–Crippen LogP) is 3.64. The minimum Gasteiger partial charge on any atom is -0.460 e. The van der Waals surface area contributed by atoms with Crippen LogP contribution in [0.2, 0.25) is 10.0 Å². The van der Waals surface area contributed by atoms with Crippen molar-refractivity contribution in [2.75, 3.05) is 6.61 Å². The molecule has 0 saturated heterocycles. The fourth-order valence-electron chi connectivity index (χ4n) is 1.18. The van der Waals surface area contributed by atoms with Crippen molar-refractivity contribution in [3.63, 3.8) is 0 Å². The summed E-state index contributed by atoms with van der Waals surface area (Å²) in [7, 11) is 0. The second-order valence-electron chi connectivity index (χ2n) is 3.30. The number of rotatable bonds is 5. The highest BCUT2D eigenvalue weighted by atomic mass is 35.5. The molecule has 0 amide bonds. The van der Waals surface area contributed by atoms with Gasteiger partial charge in [0.1, 0.15) is 11.9 Å². The molecule has 1 rings (SSSR count). The van der Waals surface area contributed by atoms with E-state index in [-0.39, 0.29) is 17.4 Å². The Kier molecular flexibility index (Phi) is 6.15. The van der Waals surface area contributed by atoms with Gasteiger partial charge < -0.3 is 9.03 Å². The van der Waals surface area contributed by atoms with E-state index in [0.29, 0.717) is 10.6 Å². The van der Waals surface area contributed by atoms with Crippen LogP contribution < -0.4 is 0 Å². The molecule has 4 nitrogen and oxygen atoms in total. The maximum atomic E-state index is 11.5. The molecule has 0 aliphatic heterocycles. The Hall–Kier alpha value is -1.23. The van der Waals surface area contributed by atoms with E-state index in [1.807, 2.05) is 0 Å². The van der Waals surface area contributed by atoms with E-state index in [0.717, 1.165) is 6.08 Å². The fourth-order valence-corrected chi connectivity index (χ4v) is 1.61. The second kappa shape index (κ2) is 7.38. The van der Waals surface area contributed by atoms with Crippen LogP contribution in [-0.2, 0) is 18.6 Å². The van der Waals surface area contributed by atoms with E-state index in [2.05, 4.69) is 9.03 Å². The minimum atomic E-state index is -0.992. The fraction of sp³-hybridized carbons (Fsp3) is 0.167. The van der Waals surface area contributed by atoms with Gasteiger partial charge in [0.2, 0.25) is 0 Å². The van der Waals surface area contributed by atoms with Gasteiger partial charge in [0, 0.05) is 11.6 Å². The molecule has 0 saturated carbocycles. The minimum absolute atomic E-state index is 0.0294. The average Bonchev–Trinajstić information content (AvgIpc) is 2.39. The molecule has 0 spiro atoms. The van der Waals surface area contributed by atoms with Crippen LogP contribution in [0.1, 0.15) is 12.5 Å². The number of hydrogen-bond acceptors (Lipinski definition) is 4. The van der Waals surface area contributed by atoms with E-state index in [4.69, 9.17) is 35.1 Å². The number of benzene rings is 1. The lowest BCUT2D eigenvalue weighted by atomic mass is 10.1. The van der Waals surface area contributed by atoms with E-state index in [9.17, 15) is 9.59 Å². The van der Waals surface area contributed by atoms with Crippen LogP contribution in [0.3, 0.4) is 0 Å². The smallest absolute Gasteiger partial charge is 0.379 e. The Morgan fingerprint density at radius 2 is 1.95 bits per heavy atom. The van der Waals surface area contributed by atoms with Crippen LogP contribution in [0.4, 0.5) is 0 Å². The SMILES string of the molecule is CCOC(=O)C(=O)/C=C(\OCl)c1ccc(Cl)c(Cl)c1. The molecule has 0 aromatic heterocycles. The zero-order valence-electron chi connectivity index (χ0n) is 9.78. The largest absolute Gasteiger partial charge is 0.460 e. The number of hydrogen-bond donors (Lipinski definition) is 0. The third-order valence-corrected chi connectivity index (χ3v) is 2.93. The summed E-state index contributed by atoms with van der Waals surface area (Å²) in [5, 5.41) is 0.610. The zero-order valence-corrected chi connectivity index (χ0v) is 12.1. The molecule has 0 bridgehead atoms. The number of carbonyl (C=O) groups is 2. The van der Waals surface area contributed by atoms with Gasteiger partial charge in [-0.2, -0.15) is 0 Å². The third-order valence-electron chi connectivity index (χ3n) is 2.03. The maximum Gasteiger partial charge on any atom is 0.379 e. The molecule has 1 aromatic carbocycles. The Morgan fingerprint density at radius 1 is 1.26 bits per heavy atom. The lowest BCUT2D eigenvalue weighted by molar-refractivity contribution is -0.151. The van der Waals surface area contributed by atoms with E-state index in [1.54, 1.807) is 13.0 Å². The molecule has 0 aliphatic rings. The molecule has 0 atom stereocenters. The lowest BCUT2D eigenvalue weighted by Gasteiger charge is -2.05. The van der Waals surface area contributed by atoms with Crippen LogP contribution in [-0.4, -0.2) is 18.4 Å². The monoisotopic (exact) mass is 322 g/mol. The van der Waals surface area contributed by atoms with Crippen LogP contribution in [0.5, 0.6) is 0 Å². The zero-order chi connectivity index (χ0) is 14.4. The van der Waals surface area contributed by atoms with Gasteiger partial charge in [0.15, 0.2) is 5.76 Å². The van der Waals surface area contributed by atoms with Gasteiger partial charge in [-0.25, -0.2) is 4.79 Å². The Labute approximate surface area is 125 Å². The first kappa shape index (κ1) is 15.8. The number of ketones is 1. The lowest BCUT2D eigenvalue weighted by Crippen LogP contribution is -2.15. The van der Waals surface area contributed by atoms with E-state index in [1.165, 1.54) is 12.1 Å². The summed E-state index contributed by atoms with van der Waals surface area (Å²) in [5.74, 6) is -1.91. The molecule has 1 aromatic rings. The summed E-state index contributed by atoms with van der Waals surface area (Å²) in [6, 6.07) is 4.51. The first-order chi connectivity index (χ1) is 8.99. The topological polar surface area (TPSA) is 52.6 Å². The normalized spacial score (nSPS) is 11.1. The van der Waals surface area contributed by atoms with Gasteiger partial charge in [-0.3, -0.25) is 4.79 Å². The third kappa shape index (κ3) is 4.42. The van der Waals surface area contributed by atoms with Crippen LogP contribution >= 0.6 is 35.1 Å². The van der Waals surface area contributed by atoms with Crippen molar-refractivity contribution in [1.82, 2.24) is 0 Å². The molecule has 0 fully saturated rings. The summed E-state index contributed by atoms with van der Waals surface area (Å²) in [4.78, 5) is 22.7. The molecular weight excluding hydrogens is 314 g/mol. The quantitative estimate of drug-likeness (QED) is 0.359. The van der Waals surface area contributed by atoms with Crippen molar-refractivity contribution >= 4 is 52.6 Å². The molecule has 102 valence electrons. The average molecular weight is 324 g/mol. The van der Waals surface area contributed by atoms with Crippen molar-refractivity contribution < 1.29 is 18.6 Å². The summed E-state index contributed by atoms with van der Waals surface area (Å²) in [6.45, 7) is 1.69. The van der Waals surface area contributed by atoms with Gasteiger partial charge in [-0.05, 0) is 25.1 Å². The Morgan fingerprint density at radius 3 is 2.47 bits per heavy atom. The molecule has 0 aliphatic carbocycles. The second-order valence-corrected chi connectivity index (χ2v) is 4.27. The highest BCUT2D eigenvalue weighted by molar-refractivity contribution is 6.42. The number of halogens is 3. The maximum absolute atomic E-state index is 11.5. The molecule has 0 radical (unpaired) electrons.